The van der Waals surface area contributed by atoms with Crippen molar-refractivity contribution in [1.82, 2.24) is 15.0 Å². The fraction of sp³-hybridized carbons (Fsp3) is 0.455. The molecule has 0 aliphatic carbocycles. The molecule has 1 unspecified atom stereocenters. The number of aryl methyl sites for hydroxylation is 2. The summed E-state index contributed by atoms with van der Waals surface area (Å²) in [5.74, 6) is 1.21. The Morgan fingerprint density at radius 2 is 2.00 bits per heavy atom. The van der Waals surface area contributed by atoms with Crippen molar-refractivity contribution in [1.29, 1.82) is 0 Å². The smallest absolute Gasteiger partial charge is 0.192 e. The highest BCUT2D eigenvalue weighted by Crippen LogP contribution is 2.29. The van der Waals surface area contributed by atoms with Crippen molar-refractivity contribution in [2.24, 2.45) is 0 Å². The van der Waals surface area contributed by atoms with E-state index < -0.39 is 37.3 Å². The van der Waals surface area contributed by atoms with E-state index in [-0.39, 0.29) is 5.75 Å². The molecule has 0 radical (unpaired) electrons. The van der Waals surface area contributed by atoms with Crippen LogP contribution >= 0.6 is 0 Å². The van der Waals surface area contributed by atoms with Gasteiger partial charge in [-0.2, -0.15) is 4.89 Å². The topological polar surface area (TPSA) is 149 Å². The van der Waals surface area contributed by atoms with Gasteiger partial charge < -0.3 is 34.8 Å². The van der Waals surface area contributed by atoms with Gasteiger partial charge in [-0.1, -0.05) is 23.4 Å². The van der Waals surface area contributed by atoms with Crippen molar-refractivity contribution in [2.45, 2.75) is 50.1 Å². The van der Waals surface area contributed by atoms with Crippen LogP contribution in [-0.2, 0) is 29.0 Å². The van der Waals surface area contributed by atoms with Crippen molar-refractivity contribution < 1.29 is 39.7 Å². The molecule has 0 spiro atoms. The van der Waals surface area contributed by atoms with Crippen molar-refractivity contribution in [3.8, 4) is 11.5 Å². The first-order valence-electron chi connectivity index (χ1n) is 10.8. The Hall–Kier alpha value is -2.80. The van der Waals surface area contributed by atoms with Crippen LogP contribution in [0.4, 0.5) is 0 Å². The summed E-state index contributed by atoms with van der Waals surface area (Å²) in [7, 11) is 0. The number of ether oxygens (including phenoxy) is 2. The lowest BCUT2D eigenvalue weighted by atomic mass is 9.99. The number of benzene rings is 2. The van der Waals surface area contributed by atoms with Crippen molar-refractivity contribution in [3.05, 3.63) is 47.5 Å². The van der Waals surface area contributed by atoms with Gasteiger partial charge in [0.2, 0.25) is 0 Å². The molecule has 3 aromatic rings. The minimum Gasteiger partial charge on any atom is -0.493 e. The van der Waals surface area contributed by atoms with Gasteiger partial charge in [0.1, 0.15) is 35.1 Å². The third-order valence-electron chi connectivity index (χ3n) is 5.95. The van der Waals surface area contributed by atoms with Crippen LogP contribution in [0.3, 0.4) is 0 Å². The molecule has 0 bridgehead atoms. The van der Waals surface area contributed by atoms with Gasteiger partial charge >= 0.3 is 0 Å². The van der Waals surface area contributed by atoms with E-state index in [0.717, 1.165) is 17.7 Å². The number of para-hydroxylation sites is 1. The van der Waals surface area contributed by atoms with Gasteiger partial charge in [-0.05, 0) is 35.7 Å². The lowest BCUT2D eigenvalue weighted by molar-refractivity contribution is -0.364. The Labute approximate surface area is 188 Å². The SMILES string of the molecule is OC[C@H]1OC(O)[C@H](OOc2cccc3nnn(CCc4ccc5c(c4)CCO5)c23)[C@@H](O)[C@@H]1O. The van der Waals surface area contributed by atoms with Crippen LogP contribution in [0.1, 0.15) is 11.1 Å². The van der Waals surface area contributed by atoms with Crippen molar-refractivity contribution >= 4 is 11.0 Å². The maximum absolute atomic E-state index is 10.2. The Bertz CT molecular complexity index is 1120. The number of fused-ring (bicyclic) bond motifs is 2. The molecule has 1 saturated heterocycles. The Kier molecular flexibility index (Phi) is 6.15. The van der Waals surface area contributed by atoms with Crippen LogP contribution in [0.5, 0.6) is 11.5 Å². The average Bonchev–Trinajstić information content (AvgIpc) is 3.46. The van der Waals surface area contributed by atoms with Gasteiger partial charge in [0, 0.05) is 13.0 Å². The molecule has 2 aromatic carbocycles. The molecule has 1 aromatic heterocycles. The predicted molar refractivity (Wildman–Crippen MR) is 112 cm³/mol. The first-order valence-corrected chi connectivity index (χ1v) is 10.8. The first-order chi connectivity index (χ1) is 16.0. The second-order valence-electron chi connectivity index (χ2n) is 8.10. The second kappa shape index (κ2) is 9.21. The number of nitrogens with zero attached hydrogens (tertiary/aromatic N) is 3. The van der Waals surface area contributed by atoms with Crippen molar-refractivity contribution in [3.63, 3.8) is 0 Å². The van der Waals surface area contributed by atoms with Crippen LogP contribution in [0.15, 0.2) is 36.4 Å². The molecule has 11 heteroatoms. The highest BCUT2D eigenvalue weighted by molar-refractivity contribution is 5.81. The predicted octanol–water partition coefficient (Wildman–Crippen LogP) is -0.281. The molecular weight excluding hydrogens is 434 g/mol. The van der Waals surface area contributed by atoms with E-state index in [9.17, 15) is 20.4 Å². The summed E-state index contributed by atoms with van der Waals surface area (Å²) >= 11 is 0. The molecule has 5 atom stereocenters. The molecule has 33 heavy (non-hydrogen) atoms. The van der Waals surface area contributed by atoms with E-state index in [0.29, 0.717) is 30.6 Å². The summed E-state index contributed by atoms with van der Waals surface area (Å²) in [6.45, 7) is 0.676. The maximum Gasteiger partial charge on any atom is 0.192 e. The third-order valence-corrected chi connectivity index (χ3v) is 5.95. The lowest BCUT2D eigenvalue weighted by Crippen LogP contribution is -2.59. The number of hydrogen-bond acceptors (Lipinski definition) is 10. The zero-order chi connectivity index (χ0) is 22.9. The van der Waals surface area contributed by atoms with E-state index >= 15 is 0 Å². The van der Waals surface area contributed by atoms with Gasteiger partial charge in [-0.3, -0.25) is 0 Å². The van der Waals surface area contributed by atoms with Crippen molar-refractivity contribution in [2.75, 3.05) is 13.2 Å². The summed E-state index contributed by atoms with van der Waals surface area (Å²) < 4.78 is 12.3. The van der Waals surface area contributed by atoms with Crippen LogP contribution in [0, 0.1) is 0 Å². The minimum absolute atomic E-state index is 0.276. The third kappa shape index (κ3) is 4.26. The molecular formula is C22H25N3O8. The van der Waals surface area contributed by atoms with Crippen LogP contribution in [0.2, 0.25) is 0 Å². The summed E-state index contributed by atoms with van der Waals surface area (Å²) in [6, 6.07) is 11.3. The molecule has 0 saturated carbocycles. The first kappa shape index (κ1) is 22.0. The summed E-state index contributed by atoms with van der Waals surface area (Å²) in [4.78, 5) is 10.7. The van der Waals surface area contributed by atoms with Crippen LogP contribution < -0.4 is 9.62 Å². The molecule has 176 valence electrons. The molecule has 1 fully saturated rings. The minimum atomic E-state index is -1.61. The molecule has 3 heterocycles. The van der Waals surface area contributed by atoms with Crippen LogP contribution in [0.25, 0.3) is 11.0 Å². The molecule has 0 amide bonds. The monoisotopic (exact) mass is 459 g/mol. The lowest BCUT2D eigenvalue weighted by Gasteiger charge is -2.38. The van der Waals surface area contributed by atoms with Crippen LogP contribution in [-0.4, -0.2) is 79.3 Å². The number of aliphatic hydroxyl groups is 4. The Morgan fingerprint density at radius 1 is 1.12 bits per heavy atom. The van der Waals surface area contributed by atoms with E-state index in [1.807, 2.05) is 12.1 Å². The summed E-state index contributed by atoms with van der Waals surface area (Å²) in [5.41, 5.74) is 3.51. The molecule has 2 aliphatic rings. The molecule has 5 rings (SSSR count). The Balaban J connectivity index is 1.31. The van der Waals surface area contributed by atoms with Gasteiger partial charge in [0.25, 0.3) is 0 Å². The summed E-state index contributed by atoms with van der Waals surface area (Å²) in [5, 5.41) is 48.0. The van der Waals surface area contributed by atoms with Gasteiger partial charge in [-0.25, -0.2) is 4.68 Å². The van der Waals surface area contributed by atoms with E-state index in [2.05, 4.69) is 16.4 Å². The highest BCUT2D eigenvalue weighted by atomic mass is 17.2. The number of rotatable bonds is 7. The zero-order valence-electron chi connectivity index (χ0n) is 17.6. The number of aliphatic hydroxyl groups excluding tert-OH is 4. The Morgan fingerprint density at radius 3 is 2.85 bits per heavy atom. The molecule has 2 aliphatic heterocycles. The highest BCUT2D eigenvalue weighted by Gasteiger charge is 2.45. The fourth-order valence-corrected chi connectivity index (χ4v) is 4.13. The fourth-order valence-electron chi connectivity index (χ4n) is 4.13. The van der Waals surface area contributed by atoms with E-state index in [1.165, 1.54) is 5.56 Å². The average molecular weight is 459 g/mol. The van der Waals surface area contributed by atoms with E-state index in [1.54, 1.807) is 22.9 Å². The molecule has 4 N–H and O–H groups in total. The maximum atomic E-state index is 10.2. The standard InChI is InChI=1S/C22H25N3O8/c26-11-17-19(27)20(28)21(22(29)31-17)33-32-16-3-1-2-14-18(16)25(24-23-14)8-6-12-4-5-15-13(10-12)7-9-30-15/h1-5,10,17,19-22,26-29H,6-9,11H2/t17-,19-,20+,21-,22?/m1/s1. The largest absolute Gasteiger partial charge is 0.493 e. The van der Waals surface area contributed by atoms with Gasteiger partial charge in [-0.15, -0.1) is 5.10 Å². The number of hydrogen-bond donors (Lipinski definition) is 4. The number of aromatic nitrogens is 3. The second-order valence-corrected chi connectivity index (χ2v) is 8.10. The van der Waals surface area contributed by atoms with E-state index in [4.69, 9.17) is 19.2 Å². The van der Waals surface area contributed by atoms with Gasteiger partial charge in [0.05, 0.1) is 13.2 Å². The zero-order valence-corrected chi connectivity index (χ0v) is 17.6. The normalized spacial score (nSPS) is 26.8. The quantitative estimate of drug-likeness (QED) is 0.275. The molecule has 11 nitrogen and oxygen atoms in total. The summed E-state index contributed by atoms with van der Waals surface area (Å²) in [6.07, 6.45) is -5.49. The van der Waals surface area contributed by atoms with Gasteiger partial charge in [0.15, 0.2) is 18.1 Å².